The van der Waals surface area contributed by atoms with Gasteiger partial charge in [0, 0.05) is 67.2 Å². The minimum Gasteiger partial charge on any atom is -0.480 e. The molecule has 0 saturated carbocycles. The third kappa shape index (κ3) is 10.9. The van der Waals surface area contributed by atoms with Crippen LogP contribution >= 0.6 is 0 Å². The first kappa shape index (κ1) is 52.2. The van der Waals surface area contributed by atoms with Crippen LogP contribution in [0.5, 0.6) is 0 Å². The lowest BCUT2D eigenvalue weighted by molar-refractivity contribution is -0.172. The number of ether oxygens (including phenoxy) is 1. The number of aromatic nitrogens is 2. The van der Waals surface area contributed by atoms with Crippen molar-refractivity contribution in [2.75, 3.05) is 45.8 Å². The number of cyclic esters (lactones) is 1. The highest BCUT2D eigenvalue weighted by Gasteiger charge is 2.46. The van der Waals surface area contributed by atoms with E-state index in [9.17, 15) is 58.2 Å². The number of nitrogens with zero attached hydrogens (tertiary/aromatic N) is 4. The molecule has 23 heteroatoms. The zero-order chi connectivity index (χ0) is 53.0. The van der Waals surface area contributed by atoms with Crippen LogP contribution in [0.15, 0.2) is 59.4 Å². The van der Waals surface area contributed by atoms with E-state index in [1.807, 2.05) is 0 Å². The van der Waals surface area contributed by atoms with E-state index in [0.29, 0.717) is 57.4 Å². The molecule has 0 saturated heterocycles. The van der Waals surface area contributed by atoms with E-state index in [1.165, 1.54) is 15.5 Å². The van der Waals surface area contributed by atoms with Gasteiger partial charge >= 0.3 is 11.9 Å². The molecule has 2 aromatic carbocycles. The largest absolute Gasteiger partial charge is 0.480 e. The van der Waals surface area contributed by atoms with Crippen molar-refractivity contribution >= 4 is 64.2 Å². The van der Waals surface area contributed by atoms with Crippen molar-refractivity contribution in [3.8, 4) is 11.4 Å². The summed E-state index contributed by atoms with van der Waals surface area (Å²) in [4.78, 5) is 135. The Morgan fingerprint density at radius 1 is 0.919 bits per heavy atom. The number of amides is 7. The van der Waals surface area contributed by atoms with E-state index in [1.54, 1.807) is 50.2 Å². The van der Waals surface area contributed by atoms with Gasteiger partial charge in [-0.1, -0.05) is 37.3 Å². The minimum absolute atomic E-state index is 0.0114. The van der Waals surface area contributed by atoms with Gasteiger partial charge in [0.2, 0.25) is 29.5 Å². The molecule has 7 amide bonds. The number of rotatable bonds is 21. The molecule has 2 aromatic heterocycles. The molecule has 0 radical (unpaired) electrons. The second-order valence-corrected chi connectivity index (χ2v) is 18.5. The summed E-state index contributed by atoms with van der Waals surface area (Å²) in [6.45, 7) is 0.658. The molecule has 4 aliphatic rings. The number of fused-ring (bicyclic) bond motifs is 5. The topological polar surface area (TPSA) is 305 Å². The van der Waals surface area contributed by atoms with Gasteiger partial charge < -0.3 is 46.1 Å². The lowest BCUT2D eigenvalue weighted by atomic mass is 9.81. The first-order chi connectivity index (χ1) is 35.4. The van der Waals surface area contributed by atoms with Gasteiger partial charge in [-0.2, -0.15) is 0 Å². The Hall–Kier alpha value is -8.18. The molecule has 0 spiro atoms. The van der Waals surface area contributed by atoms with Crippen molar-refractivity contribution in [1.82, 2.24) is 45.9 Å². The smallest absolute Gasteiger partial charge is 0.343 e. The molecular formula is C51H54FN9O13. The average Bonchev–Trinajstić information content (AvgIpc) is 3.91. The molecule has 8 rings (SSSR count). The molecule has 0 bridgehead atoms. The van der Waals surface area contributed by atoms with Gasteiger partial charge in [-0.3, -0.25) is 53.0 Å². The second-order valence-electron chi connectivity index (χ2n) is 18.5. The van der Waals surface area contributed by atoms with Crippen molar-refractivity contribution < 1.29 is 62.5 Å². The zero-order valence-corrected chi connectivity index (χ0v) is 40.5. The highest BCUT2D eigenvalue weighted by Crippen LogP contribution is 2.46. The van der Waals surface area contributed by atoms with Gasteiger partial charge in [0.15, 0.2) is 5.60 Å². The highest BCUT2D eigenvalue weighted by molar-refractivity contribution is 6.12. The van der Waals surface area contributed by atoms with Gasteiger partial charge in [-0.15, -0.1) is 0 Å². The predicted octanol–water partition coefficient (Wildman–Crippen LogP) is -0.201. The third-order valence-electron chi connectivity index (χ3n) is 13.7. The van der Waals surface area contributed by atoms with Crippen LogP contribution in [0.1, 0.15) is 77.6 Å². The molecule has 0 unspecified atom stereocenters. The van der Waals surface area contributed by atoms with E-state index in [0.717, 1.165) is 22.6 Å². The molecule has 3 atom stereocenters. The van der Waals surface area contributed by atoms with Gasteiger partial charge in [0.1, 0.15) is 18.5 Å². The quantitative estimate of drug-likeness (QED) is 0.0285. The maximum absolute atomic E-state index is 15.4. The molecule has 74 heavy (non-hydrogen) atoms. The fourth-order valence-electron chi connectivity index (χ4n) is 9.84. The number of benzene rings is 2. The van der Waals surface area contributed by atoms with Crippen LogP contribution in [-0.2, 0) is 79.5 Å². The number of imide groups is 1. The van der Waals surface area contributed by atoms with Crippen LogP contribution in [0.2, 0.25) is 0 Å². The number of pyridine rings is 2. The van der Waals surface area contributed by atoms with Crippen LogP contribution in [0.3, 0.4) is 0 Å². The van der Waals surface area contributed by atoms with Crippen LogP contribution in [0.4, 0.5) is 4.39 Å². The Kier molecular flexibility index (Phi) is 15.4. The molecule has 7 N–H and O–H groups in total. The van der Waals surface area contributed by atoms with Crippen LogP contribution in [-0.4, -0.2) is 135 Å². The van der Waals surface area contributed by atoms with Crippen molar-refractivity contribution in [2.45, 2.75) is 83.2 Å². The number of aryl methyl sites for hydroxylation is 1. The second kappa shape index (κ2) is 21.9. The van der Waals surface area contributed by atoms with Crippen molar-refractivity contribution in [3.05, 3.63) is 110 Å². The number of carbonyl (C=O) groups excluding carboxylic acids is 8. The standard InChI is InChI=1S/C51H54FN9O13/c1-3-51(73)32-19-37-47-30(23-61(37)49(71)31(32)26-74-50(51)72)46-34(12-11-29-27(2)33(52)20-35(58-47)45(29)46)56-38(62)10-7-15-53-39(63)21-55-48(70)36(18-28-8-5-4-6-9-28)57-40(64)22-54-41(65)24-59(25-44(68)69)16-17-60-42(66)13-14-43(60)67/h4-6,8-9,13-14,19-20,34,36,73H,3,7,10-12,15-18,21-26H2,1-2H3,(H,53,63)(H,54,65)(H,55,70)(H,56,62)(H,57,64)(H,68,69)/t34-,36-,51-/m0/s1. The Labute approximate surface area is 421 Å². The normalized spacial score (nSPS) is 17.6. The van der Waals surface area contributed by atoms with Crippen LogP contribution in [0.25, 0.3) is 22.3 Å². The summed E-state index contributed by atoms with van der Waals surface area (Å²) in [6, 6.07) is 9.85. The molecule has 4 aromatic rings. The monoisotopic (exact) mass is 1020 g/mol. The van der Waals surface area contributed by atoms with E-state index in [2.05, 4.69) is 26.6 Å². The molecule has 5 heterocycles. The predicted molar refractivity (Wildman–Crippen MR) is 259 cm³/mol. The SMILES string of the molecule is CC[C@@]1(O)C(=O)OCc2c1cc1n(c2=O)Cc2c-1nc1cc(F)c(C)c3c1c2[C@@H](NC(=O)CCCNC(=O)CNC(=O)[C@H](Cc1ccccc1)NC(=O)CNC(=O)CN(CCN1C(=O)C=CC1=O)CC(=O)O)CC3. The van der Waals surface area contributed by atoms with Crippen molar-refractivity contribution in [3.63, 3.8) is 0 Å². The zero-order valence-electron chi connectivity index (χ0n) is 40.5. The number of carbonyl (C=O) groups is 9. The molecular weight excluding hydrogens is 966 g/mol. The number of nitrogens with one attached hydrogen (secondary N) is 5. The maximum Gasteiger partial charge on any atom is 0.343 e. The minimum atomic E-state index is -2.05. The van der Waals surface area contributed by atoms with Gasteiger partial charge in [-0.25, -0.2) is 14.2 Å². The molecule has 0 fully saturated rings. The number of carboxylic acids is 1. The van der Waals surface area contributed by atoms with E-state index in [-0.39, 0.29) is 75.5 Å². The van der Waals surface area contributed by atoms with Crippen LogP contribution < -0.4 is 32.1 Å². The van der Waals surface area contributed by atoms with Gasteiger partial charge in [0.05, 0.1) is 61.2 Å². The molecule has 1 aliphatic carbocycles. The Morgan fingerprint density at radius 3 is 2.36 bits per heavy atom. The number of carboxylic acid groups (broad SMARTS) is 1. The highest BCUT2D eigenvalue weighted by atomic mass is 19.1. The summed E-state index contributed by atoms with van der Waals surface area (Å²) in [7, 11) is 0. The molecule has 388 valence electrons. The van der Waals surface area contributed by atoms with E-state index >= 15 is 4.39 Å². The maximum atomic E-state index is 15.4. The first-order valence-corrected chi connectivity index (χ1v) is 24.1. The Bertz CT molecular complexity index is 3090. The van der Waals surface area contributed by atoms with E-state index in [4.69, 9.17) is 9.72 Å². The Balaban J connectivity index is 0.847. The van der Waals surface area contributed by atoms with Gasteiger partial charge in [-0.05, 0) is 60.9 Å². The Morgan fingerprint density at radius 2 is 1.65 bits per heavy atom. The summed E-state index contributed by atoms with van der Waals surface area (Å²) < 4.78 is 22.1. The first-order valence-electron chi connectivity index (χ1n) is 24.1. The van der Waals surface area contributed by atoms with Crippen molar-refractivity contribution in [2.24, 2.45) is 0 Å². The summed E-state index contributed by atoms with van der Waals surface area (Å²) in [5.41, 5.74) is 2.03. The fourth-order valence-corrected chi connectivity index (χ4v) is 9.84. The summed E-state index contributed by atoms with van der Waals surface area (Å²) >= 11 is 0. The van der Waals surface area contributed by atoms with Gasteiger partial charge in [0.25, 0.3) is 17.4 Å². The lowest BCUT2D eigenvalue weighted by Gasteiger charge is -2.31. The summed E-state index contributed by atoms with van der Waals surface area (Å²) in [5.74, 6) is -6.86. The number of halogens is 1. The molecule has 22 nitrogen and oxygen atoms in total. The number of hydrogen-bond donors (Lipinski definition) is 7. The number of aliphatic carboxylic acids is 1. The fraction of sp³-hybridized carbons (Fsp3) is 0.392. The van der Waals surface area contributed by atoms with E-state index < -0.39 is 103 Å². The molecule has 3 aliphatic heterocycles. The van der Waals surface area contributed by atoms with Crippen molar-refractivity contribution in [1.29, 1.82) is 0 Å². The lowest BCUT2D eigenvalue weighted by Crippen LogP contribution is -2.52. The summed E-state index contributed by atoms with van der Waals surface area (Å²) in [6.07, 6.45) is 3.16. The average molecular weight is 1020 g/mol. The number of hydrogen-bond acceptors (Lipinski definition) is 14. The number of aliphatic hydroxyl groups is 1. The third-order valence-corrected chi connectivity index (χ3v) is 13.7. The number of esters is 1. The summed E-state index contributed by atoms with van der Waals surface area (Å²) in [5, 5.41) is 34.6. The van der Waals surface area contributed by atoms with Crippen LogP contribution in [0, 0.1) is 12.7 Å².